The van der Waals surface area contributed by atoms with E-state index in [4.69, 9.17) is 9.84 Å². The van der Waals surface area contributed by atoms with Gasteiger partial charge in [-0.15, -0.1) is 0 Å². The number of ether oxygens (including phenoxy) is 1. The Hall–Kier alpha value is -0.500. The highest BCUT2D eigenvalue weighted by molar-refractivity contribution is 4.77. The van der Waals surface area contributed by atoms with E-state index in [1.54, 1.807) is 0 Å². The molecule has 1 fully saturated rings. The van der Waals surface area contributed by atoms with E-state index in [0.717, 1.165) is 13.0 Å². The minimum absolute atomic E-state index is 0.269. The molecule has 1 aliphatic rings. The van der Waals surface area contributed by atoms with Crippen LogP contribution in [-0.4, -0.2) is 17.8 Å². The van der Waals surface area contributed by atoms with Crippen LogP contribution in [0.4, 0.5) is 0 Å². The van der Waals surface area contributed by atoms with Crippen molar-refractivity contribution in [3.63, 3.8) is 0 Å². The maximum absolute atomic E-state index is 8.79. The molecule has 2 heteroatoms. The lowest BCUT2D eigenvalue weighted by molar-refractivity contribution is 0.0557. The van der Waals surface area contributed by atoms with E-state index >= 15 is 0 Å². The summed E-state index contributed by atoms with van der Waals surface area (Å²) in [6.45, 7) is 4.19. The molecule has 0 atom stereocenters. The standard InChI is InChI=1S/C10H18O2/c1-9(11)5-4-8-12-10-6-2-3-7-10/h10-11H,1-8H2. The van der Waals surface area contributed by atoms with E-state index in [1.807, 2.05) is 0 Å². The molecule has 2 nitrogen and oxygen atoms in total. The fraction of sp³-hybridized carbons (Fsp3) is 0.800. The fourth-order valence-corrected chi connectivity index (χ4v) is 1.58. The third kappa shape index (κ3) is 3.77. The topological polar surface area (TPSA) is 29.5 Å². The molecular formula is C10H18O2. The molecule has 0 aliphatic heterocycles. The zero-order valence-electron chi connectivity index (χ0n) is 7.59. The van der Waals surface area contributed by atoms with Gasteiger partial charge in [0, 0.05) is 13.0 Å². The predicted octanol–water partition coefficient (Wildman–Crippen LogP) is 2.80. The molecular weight excluding hydrogens is 152 g/mol. The van der Waals surface area contributed by atoms with Gasteiger partial charge in [-0.2, -0.15) is 0 Å². The third-order valence-electron chi connectivity index (χ3n) is 2.27. The van der Waals surface area contributed by atoms with Gasteiger partial charge in [0.2, 0.25) is 0 Å². The summed E-state index contributed by atoms with van der Waals surface area (Å²) >= 11 is 0. The largest absolute Gasteiger partial charge is 0.513 e. The SMILES string of the molecule is C=C(O)CCCOC1CCCC1. The van der Waals surface area contributed by atoms with Crippen LogP contribution >= 0.6 is 0 Å². The summed E-state index contributed by atoms with van der Waals surface area (Å²) in [4.78, 5) is 0. The summed E-state index contributed by atoms with van der Waals surface area (Å²) in [6, 6.07) is 0. The molecule has 1 rings (SSSR count). The molecule has 0 aromatic carbocycles. The Kier molecular flexibility index (Phi) is 4.15. The van der Waals surface area contributed by atoms with Gasteiger partial charge < -0.3 is 9.84 Å². The number of aliphatic hydroxyl groups excluding tert-OH is 1. The van der Waals surface area contributed by atoms with Crippen molar-refractivity contribution in [2.75, 3.05) is 6.61 Å². The van der Waals surface area contributed by atoms with Crippen molar-refractivity contribution in [3.05, 3.63) is 12.3 Å². The van der Waals surface area contributed by atoms with Crippen LogP contribution in [0.25, 0.3) is 0 Å². The van der Waals surface area contributed by atoms with Gasteiger partial charge in [0.25, 0.3) is 0 Å². The molecule has 0 unspecified atom stereocenters. The van der Waals surface area contributed by atoms with Crippen LogP contribution in [0.2, 0.25) is 0 Å². The van der Waals surface area contributed by atoms with E-state index in [9.17, 15) is 0 Å². The van der Waals surface area contributed by atoms with Crippen LogP contribution < -0.4 is 0 Å². The van der Waals surface area contributed by atoms with Crippen LogP contribution in [0.15, 0.2) is 12.3 Å². The normalized spacial score (nSPS) is 18.3. The first kappa shape index (κ1) is 9.59. The number of hydrogen-bond donors (Lipinski definition) is 1. The molecule has 0 aromatic rings. The van der Waals surface area contributed by atoms with Crippen LogP contribution in [-0.2, 0) is 4.74 Å². The molecule has 1 N–H and O–H groups in total. The van der Waals surface area contributed by atoms with Crippen LogP contribution in [0.3, 0.4) is 0 Å². The van der Waals surface area contributed by atoms with Crippen molar-refractivity contribution in [1.82, 2.24) is 0 Å². The van der Waals surface area contributed by atoms with Gasteiger partial charge in [-0.25, -0.2) is 0 Å². The highest BCUT2D eigenvalue weighted by Gasteiger charge is 2.14. The van der Waals surface area contributed by atoms with Crippen molar-refractivity contribution in [2.24, 2.45) is 0 Å². The second kappa shape index (κ2) is 5.20. The molecule has 0 amide bonds. The van der Waals surface area contributed by atoms with E-state index in [0.29, 0.717) is 12.5 Å². The Morgan fingerprint density at radius 1 is 1.42 bits per heavy atom. The second-order valence-electron chi connectivity index (χ2n) is 3.45. The first-order chi connectivity index (χ1) is 5.79. The molecule has 0 spiro atoms. The number of rotatable bonds is 5. The van der Waals surface area contributed by atoms with Gasteiger partial charge in [0.1, 0.15) is 0 Å². The highest BCUT2D eigenvalue weighted by Crippen LogP contribution is 2.21. The van der Waals surface area contributed by atoms with Gasteiger partial charge in [-0.05, 0) is 19.3 Å². The molecule has 0 bridgehead atoms. The minimum atomic E-state index is 0.269. The van der Waals surface area contributed by atoms with Gasteiger partial charge in [0.15, 0.2) is 0 Å². The Bertz CT molecular complexity index is 137. The first-order valence-corrected chi connectivity index (χ1v) is 4.77. The number of hydrogen-bond acceptors (Lipinski definition) is 2. The van der Waals surface area contributed by atoms with Crippen molar-refractivity contribution in [1.29, 1.82) is 0 Å². The van der Waals surface area contributed by atoms with E-state index in [1.165, 1.54) is 25.7 Å². The van der Waals surface area contributed by atoms with Gasteiger partial charge in [-0.1, -0.05) is 19.4 Å². The molecule has 0 aromatic heterocycles. The summed E-state index contributed by atoms with van der Waals surface area (Å²) in [5.74, 6) is 0.269. The Morgan fingerprint density at radius 3 is 2.67 bits per heavy atom. The predicted molar refractivity (Wildman–Crippen MR) is 49.2 cm³/mol. The van der Waals surface area contributed by atoms with E-state index < -0.39 is 0 Å². The van der Waals surface area contributed by atoms with Gasteiger partial charge in [-0.3, -0.25) is 0 Å². The quantitative estimate of drug-likeness (QED) is 0.508. The second-order valence-corrected chi connectivity index (χ2v) is 3.45. The van der Waals surface area contributed by atoms with E-state index in [-0.39, 0.29) is 5.76 Å². The highest BCUT2D eigenvalue weighted by atomic mass is 16.5. The summed E-state index contributed by atoms with van der Waals surface area (Å²) in [6.07, 6.45) is 7.14. The molecule has 0 heterocycles. The minimum Gasteiger partial charge on any atom is -0.513 e. The lowest BCUT2D eigenvalue weighted by atomic mass is 10.3. The molecule has 1 aliphatic carbocycles. The van der Waals surface area contributed by atoms with Crippen LogP contribution in [0.5, 0.6) is 0 Å². The lowest BCUT2D eigenvalue weighted by Gasteiger charge is -2.09. The van der Waals surface area contributed by atoms with Crippen LogP contribution in [0.1, 0.15) is 38.5 Å². The summed E-state index contributed by atoms with van der Waals surface area (Å²) in [5, 5.41) is 8.79. The van der Waals surface area contributed by atoms with Gasteiger partial charge in [0.05, 0.1) is 11.9 Å². The molecule has 70 valence electrons. The summed E-state index contributed by atoms with van der Waals surface area (Å²) < 4.78 is 5.60. The molecule has 0 radical (unpaired) electrons. The monoisotopic (exact) mass is 170 g/mol. The first-order valence-electron chi connectivity index (χ1n) is 4.77. The van der Waals surface area contributed by atoms with Crippen molar-refractivity contribution in [2.45, 2.75) is 44.6 Å². The van der Waals surface area contributed by atoms with Crippen LogP contribution in [0, 0.1) is 0 Å². The summed E-state index contributed by atoms with van der Waals surface area (Å²) in [7, 11) is 0. The molecule has 12 heavy (non-hydrogen) atoms. The molecule has 1 saturated carbocycles. The van der Waals surface area contributed by atoms with Crippen molar-refractivity contribution < 1.29 is 9.84 Å². The fourth-order valence-electron chi connectivity index (χ4n) is 1.58. The smallest absolute Gasteiger partial charge is 0.0851 e. The Balaban J connectivity index is 1.91. The lowest BCUT2D eigenvalue weighted by Crippen LogP contribution is -2.08. The average molecular weight is 170 g/mol. The van der Waals surface area contributed by atoms with E-state index in [2.05, 4.69) is 6.58 Å². The Labute approximate surface area is 74.2 Å². The maximum atomic E-state index is 8.79. The Morgan fingerprint density at radius 2 is 2.08 bits per heavy atom. The number of aliphatic hydroxyl groups is 1. The number of allylic oxidation sites excluding steroid dienone is 1. The third-order valence-corrected chi connectivity index (χ3v) is 2.27. The zero-order chi connectivity index (χ0) is 8.81. The van der Waals surface area contributed by atoms with Crippen molar-refractivity contribution >= 4 is 0 Å². The zero-order valence-corrected chi connectivity index (χ0v) is 7.59. The van der Waals surface area contributed by atoms with Crippen molar-refractivity contribution in [3.8, 4) is 0 Å². The summed E-state index contributed by atoms with van der Waals surface area (Å²) in [5.41, 5.74) is 0. The van der Waals surface area contributed by atoms with Gasteiger partial charge >= 0.3 is 0 Å². The average Bonchev–Trinajstić information content (AvgIpc) is 2.49. The molecule has 0 saturated heterocycles. The maximum Gasteiger partial charge on any atom is 0.0851 e.